The predicted octanol–water partition coefficient (Wildman–Crippen LogP) is 1.52. The molecule has 0 aliphatic carbocycles. The van der Waals surface area contributed by atoms with E-state index in [0.29, 0.717) is 0 Å². The van der Waals surface area contributed by atoms with Crippen molar-refractivity contribution in [2.24, 2.45) is 0 Å². The first kappa shape index (κ1) is 9.71. The summed E-state index contributed by atoms with van der Waals surface area (Å²) >= 11 is 0. The largest absolute Gasteiger partial charge is 0.468 e. The fourth-order valence-electron chi connectivity index (χ4n) is 1.52. The first-order chi connectivity index (χ1) is 7.20. The normalized spacial score (nSPS) is 10.5. The highest BCUT2D eigenvalue weighted by atomic mass is 16.5. The van der Waals surface area contributed by atoms with Crippen LogP contribution in [0.4, 0.5) is 0 Å². The van der Waals surface area contributed by atoms with Crippen LogP contribution in [0.15, 0.2) is 24.4 Å². The van der Waals surface area contributed by atoms with Gasteiger partial charge in [-0.3, -0.25) is 9.48 Å². The van der Waals surface area contributed by atoms with E-state index in [2.05, 4.69) is 9.84 Å². The average molecular weight is 204 g/mol. The van der Waals surface area contributed by atoms with Gasteiger partial charge in [-0.15, -0.1) is 0 Å². The fraction of sp³-hybridized carbons (Fsp3) is 0.273. The lowest BCUT2D eigenvalue weighted by molar-refractivity contribution is -0.141. The van der Waals surface area contributed by atoms with Crippen molar-refractivity contribution in [3.8, 4) is 0 Å². The average Bonchev–Trinajstić information content (AvgIpc) is 2.60. The number of carbonyl (C=O) groups excluding carboxylic acids is 1. The molecule has 1 heterocycles. The number of aryl methyl sites for hydroxylation is 1. The topological polar surface area (TPSA) is 44.1 Å². The van der Waals surface area contributed by atoms with Gasteiger partial charge in [0.2, 0.25) is 0 Å². The second-order valence-electron chi connectivity index (χ2n) is 3.44. The van der Waals surface area contributed by atoms with E-state index in [1.165, 1.54) is 12.7 Å². The molecule has 1 aromatic carbocycles. The Morgan fingerprint density at radius 3 is 3.07 bits per heavy atom. The van der Waals surface area contributed by atoms with Gasteiger partial charge in [0.25, 0.3) is 0 Å². The van der Waals surface area contributed by atoms with E-state index < -0.39 is 0 Å². The molecule has 0 spiro atoms. The first-order valence-electron chi connectivity index (χ1n) is 4.69. The number of esters is 1. The lowest BCUT2D eigenvalue weighted by atomic mass is 10.2. The Labute approximate surface area is 87.5 Å². The van der Waals surface area contributed by atoms with Crippen LogP contribution in [0.25, 0.3) is 10.9 Å². The maximum absolute atomic E-state index is 11.1. The highest BCUT2D eigenvalue weighted by molar-refractivity contribution is 5.81. The van der Waals surface area contributed by atoms with Crippen molar-refractivity contribution in [3.63, 3.8) is 0 Å². The summed E-state index contributed by atoms with van der Waals surface area (Å²) in [6.07, 6.45) is 1.76. The van der Waals surface area contributed by atoms with Crippen molar-refractivity contribution in [1.29, 1.82) is 0 Å². The number of carbonyl (C=O) groups is 1. The molecule has 0 N–H and O–H groups in total. The van der Waals surface area contributed by atoms with Gasteiger partial charge in [-0.25, -0.2) is 0 Å². The van der Waals surface area contributed by atoms with Gasteiger partial charge in [0, 0.05) is 5.39 Å². The second-order valence-corrected chi connectivity index (χ2v) is 3.44. The van der Waals surface area contributed by atoms with Crippen molar-refractivity contribution in [3.05, 3.63) is 30.0 Å². The number of nitrogens with zero attached hydrogens (tertiary/aromatic N) is 2. The highest BCUT2D eigenvalue weighted by Crippen LogP contribution is 2.15. The van der Waals surface area contributed by atoms with Gasteiger partial charge >= 0.3 is 5.97 Å². The number of aromatic nitrogens is 2. The Bertz CT molecular complexity index is 502. The highest BCUT2D eigenvalue weighted by Gasteiger charge is 2.06. The molecule has 0 fully saturated rings. The molecule has 0 unspecified atom stereocenters. The number of benzene rings is 1. The summed E-state index contributed by atoms with van der Waals surface area (Å²) in [4.78, 5) is 11.1. The van der Waals surface area contributed by atoms with E-state index in [-0.39, 0.29) is 12.5 Å². The zero-order valence-corrected chi connectivity index (χ0v) is 8.73. The minimum atomic E-state index is -0.291. The number of fused-ring (bicyclic) bond motifs is 1. The zero-order chi connectivity index (χ0) is 10.8. The van der Waals surface area contributed by atoms with E-state index in [4.69, 9.17) is 0 Å². The first-order valence-corrected chi connectivity index (χ1v) is 4.69. The summed E-state index contributed by atoms with van der Waals surface area (Å²) in [5, 5.41) is 5.18. The van der Waals surface area contributed by atoms with E-state index in [1.54, 1.807) is 10.9 Å². The van der Waals surface area contributed by atoms with E-state index in [0.717, 1.165) is 10.9 Å². The Hall–Kier alpha value is -1.84. The molecule has 78 valence electrons. The van der Waals surface area contributed by atoms with Crippen molar-refractivity contribution in [2.75, 3.05) is 7.11 Å². The molecule has 4 heteroatoms. The van der Waals surface area contributed by atoms with Crippen LogP contribution in [0.2, 0.25) is 0 Å². The summed E-state index contributed by atoms with van der Waals surface area (Å²) in [6, 6.07) is 5.99. The van der Waals surface area contributed by atoms with E-state index in [9.17, 15) is 4.79 Å². The van der Waals surface area contributed by atoms with Gasteiger partial charge in [-0.2, -0.15) is 5.10 Å². The van der Waals surface area contributed by atoms with Crippen LogP contribution in [0, 0.1) is 6.92 Å². The van der Waals surface area contributed by atoms with Gasteiger partial charge in [0.15, 0.2) is 0 Å². The molecule has 15 heavy (non-hydrogen) atoms. The lowest BCUT2D eigenvalue weighted by Crippen LogP contribution is -2.12. The number of ether oxygens (including phenoxy) is 1. The van der Waals surface area contributed by atoms with Crippen LogP contribution in [-0.2, 0) is 16.1 Å². The Balaban J connectivity index is 2.41. The molecular weight excluding hydrogens is 192 g/mol. The third kappa shape index (κ3) is 1.83. The maximum Gasteiger partial charge on any atom is 0.327 e. The molecule has 0 aliphatic rings. The lowest BCUT2D eigenvalue weighted by Gasteiger charge is -2.01. The van der Waals surface area contributed by atoms with Gasteiger partial charge in [0.1, 0.15) is 6.54 Å². The van der Waals surface area contributed by atoms with Crippen molar-refractivity contribution in [1.82, 2.24) is 9.78 Å². The molecule has 0 saturated heterocycles. The fourth-order valence-corrected chi connectivity index (χ4v) is 1.52. The van der Waals surface area contributed by atoms with Gasteiger partial charge in [-0.05, 0) is 19.1 Å². The van der Waals surface area contributed by atoms with Crippen LogP contribution in [0.1, 0.15) is 5.56 Å². The van der Waals surface area contributed by atoms with Gasteiger partial charge in [0.05, 0.1) is 18.8 Å². The molecule has 0 atom stereocenters. The van der Waals surface area contributed by atoms with Crippen LogP contribution in [-0.4, -0.2) is 22.9 Å². The summed E-state index contributed by atoms with van der Waals surface area (Å²) in [5.41, 5.74) is 2.13. The molecule has 0 bridgehead atoms. The van der Waals surface area contributed by atoms with E-state index in [1.807, 2.05) is 25.1 Å². The molecule has 0 radical (unpaired) electrons. The van der Waals surface area contributed by atoms with Crippen LogP contribution < -0.4 is 0 Å². The van der Waals surface area contributed by atoms with Gasteiger partial charge in [-0.1, -0.05) is 11.6 Å². The Morgan fingerprint density at radius 1 is 1.53 bits per heavy atom. The summed E-state index contributed by atoms with van der Waals surface area (Å²) in [7, 11) is 1.37. The monoisotopic (exact) mass is 204 g/mol. The molecular formula is C11H12N2O2. The van der Waals surface area contributed by atoms with Crippen LogP contribution in [0.3, 0.4) is 0 Å². The minimum absolute atomic E-state index is 0.156. The summed E-state index contributed by atoms with van der Waals surface area (Å²) in [6.45, 7) is 2.18. The number of rotatable bonds is 2. The summed E-state index contributed by atoms with van der Waals surface area (Å²) in [5.74, 6) is -0.291. The number of hydrogen-bond acceptors (Lipinski definition) is 3. The molecule has 0 amide bonds. The zero-order valence-electron chi connectivity index (χ0n) is 8.73. The third-order valence-electron chi connectivity index (χ3n) is 2.30. The summed E-state index contributed by atoms with van der Waals surface area (Å²) < 4.78 is 6.24. The Kier molecular flexibility index (Phi) is 2.41. The minimum Gasteiger partial charge on any atom is -0.468 e. The quantitative estimate of drug-likeness (QED) is 0.696. The van der Waals surface area contributed by atoms with E-state index >= 15 is 0 Å². The number of hydrogen-bond donors (Lipinski definition) is 0. The van der Waals surface area contributed by atoms with Crippen LogP contribution >= 0.6 is 0 Å². The van der Waals surface area contributed by atoms with Crippen molar-refractivity contribution in [2.45, 2.75) is 13.5 Å². The molecule has 2 aromatic rings. The van der Waals surface area contributed by atoms with Crippen molar-refractivity contribution >= 4 is 16.9 Å². The molecule has 0 aliphatic heterocycles. The Morgan fingerprint density at radius 2 is 2.33 bits per heavy atom. The smallest absolute Gasteiger partial charge is 0.327 e. The van der Waals surface area contributed by atoms with Gasteiger partial charge < -0.3 is 4.74 Å². The SMILES string of the molecule is COC(=O)Cn1ncc2cc(C)ccc21. The molecule has 0 saturated carbocycles. The maximum atomic E-state index is 11.1. The molecule has 4 nitrogen and oxygen atoms in total. The molecule has 1 aromatic heterocycles. The standard InChI is InChI=1S/C11H12N2O2/c1-8-3-4-10-9(5-8)6-12-13(10)7-11(14)15-2/h3-6H,7H2,1-2H3. The number of methoxy groups -OCH3 is 1. The van der Waals surface area contributed by atoms with Crippen molar-refractivity contribution < 1.29 is 9.53 Å². The molecule has 2 rings (SSSR count). The van der Waals surface area contributed by atoms with Crippen LogP contribution in [0.5, 0.6) is 0 Å². The predicted molar refractivity (Wildman–Crippen MR) is 56.5 cm³/mol. The third-order valence-corrected chi connectivity index (χ3v) is 2.30. The second kappa shape index (κ2) is 3.73.